The van der Waals surface area contributed by atoms with Crippen LogP contribution < -0.4 is 4.74 Å². The molecule has 1 atom stereocenters. The molecule has 5 heteroatoms. The molecule has 0 spiro atoms. The molecule has 0 aliphatic heterocycles. The SMILES string of the molecule is COc1ccccc1CN(C)CC(O)CCC(=O)O. The summed E-state index contributed by atoms with van der Waals surface area (Å²) >= 11 is 0. The molecule has 0 saturated carbocycles. The fourth-order valence-corrected chi connectivity index (χ4v) is 1.93. The van der Waals surface area contributed by atoms with Crippen molar-refractivity contribution in [1.82, 2.24) is 4.90 Å². The maximum Gasteiger partial charge on any atom is 0.303 e. The summed E-state index contributed by atoms with van der Waals surface area (Å²) in [5.74, 6) is -0.0687. The number of para-hydroxylation sites is 1. The topological polar surface area (TPSA) is 70.0 Å². The van der Waals surface area contributed by atoms with Crippen LogP contribution in [-0.2, 0) is 11.3 Å². The van der Waals surface area contributed by atoms with E-state index in [1.165, 1.54) is 0 Å². The number of hydrogen-bond donors (Lipinski definition) is 2. The second-order valence-electron chi connectivity index (χ2n) is 4.59. The Bertz CT molecular complexity index is 408. The van der Waals surface area contributed by atoms with Gasteiger partial charge in [0.1, 0.15) is 5.75 Å². The van der Waals surface area contributed by atoms with Crippen LogP contribution in [0.1, 0.15) is 18.4 Å². The highest BCUT2D eigenvalue weighted by molar-refractivity contribution is 5.66. The summed E-state index contributed by atoms with van der Waals surface area (Å²) in [7, 11) is 3.51. The first-order valence-corrected chi connectivity index (χ1v) is 6.23. The number of hydrogen-bond acceptors (Lipinski definition) is 4. The highest BCUT2D eigenvalue weighted by Gasteiger charge is 2.12. The van der Waals surface area contributed by atoms with Crippen LogP contribution >= 0.6 is 0 Å². The fraction of sp³-hybridized carbons (Fsp3) is 0.500. The Hall–Kier alpha value is -1.59. The van der Waals surface area contributed by atoms with Gasteiger partial charge in [-0.15, -0.1) is 0 Å². The van der Waals surface area contributed by atoms with Gasteiger partial charge in [-0.2, -0.15) is 0 Å². The molecule has 5 nitrogen and oxygen atoms in total. The van der Waals surface area contributed by atoms with Gasteiger partial charge in [-0.25, -0.2) is 0 Å². The summed E-state index contributed by atoms with van der Waals surface area (Å²) in [5.41, 5.74) is 1.04. The predicted molar refractivity (Wildman–Crippen MR) is 72.2 cm³/mol. The Labute approximate surface area is 113 Å². The number of carbonyl (C=O) groups is 1. The van der Waals surface area contributed by atoms with Crippen LogP contribution in [0.5, 0.6) is 5.75 Å². The quantitative estimate of drug-likeness (QED) is 0.744. The van der Waals surface area contributed by atoms with E-state index >= 15 is 0 Å². The number of nitrogens with zero attached hydrogens (tertiary/aromatic N) is 1. The first kappa shape index (κ1) is 15.5. The third kappa shape index (κ3) is 5.72. The summed E-state index contributed by atoms with van der Waals surface area (Å²) < 4.78 is 5.26. The normalized spacial score (nSPS) is 12.4. The number of aliphatic carboxylic acids is 1. The van der Waals surface area contributed by atoms with Crippen LogP contribution in [-0.4, -0.2) is 47.9 Å². The molecule has 2 N–H and O–H groups in total. The first-order valence-electron chi connectivity index (χ1n) is 6.23. The van der Waals surface area contributed by atoms with Crippen molar-refractivity contribution in [3.63, 3.8) is 0 Å². The maximum absolute atomic E-state index is 10.4. The largest absolute Gasteiger partial charge is 0.496 e. The molecule has 0 aliphatic rings. The van der Waals surface area contributed by atoms with E-state index in [4.69, 9.17) is 9.84 Å². The molecule has 19 heavy (non-hydrogen) atoms. The smallest absolute Gasteiger partial charge is 0.303 e. The van der Waals surface area contributed by atoms with Crippen LogP contribution in [0, 0.1) is 0 Å². The lowest BCUT2D eigenvalue weighted by atomic mass is 10.1. The van der Waals surface area contributed by atoms with Gasteiger partial charge in [0, 0.05) is 25.1 Å². The third-order valence-corrected chi connectivity index (χ3v) is 2.85. The molecule has 0 saturated heterocycles. The van der Waals surface area contributed by atoms with Gasteiger partial charge in [-0.05, 0) is 19.5 Å². The number of carboxylic acid groups (broad SMARTS) is 1. The van der Waals surface area contributed by atoms with E-state index in [1.807, 2.05) is 36.2 Å². The number of aliphatic hydroxyl groups excluding tert-OH is 1. The lowest BCUT2D eigenvalue weighted by molar-refractivity contribution is -0.137. The van der Waals surface area contributed by atoms with Crippen LogP contribution in [0.2, 0.25) is 0 Å². The van der Waals surface area contributed by atoms with E-state index in [2.05, 4.69) is 0 Å². The molecule has 0 radical (unpaired) electrons. The van der Waals surface area contributed by atoms with Gasteiger partial charge in [0.25, 0.3) is 0 Å². The van der Waals surface area contributed by atoms with E-state index in [1.54, 1.807) is 7.11 Å². The van der Waals surface area contributed by atoms with Crippen molar-refractivity contribution in [1.29, 1.82) is 0 Å². The van der Waals surface area contributed by atoms with Crippen molar-refractivity contribution in [2.24, 2.45) is 0 Å². The van der Waals surface area contributed by atoms with Gasteiger partial charge >= 0.3 is 5.97 Å². The second kappa shape index (κ2) is 7.76. The summed E-state index contributed by atoms with van der Waals surface area (Å²) in [6.45, 7) is 1.08. The molecule has 1 rings (SSSR count). The summed E-state index contributed by atoms with van der Waals surface area (Å²) in [4.78, 5) is 12.4. The second-order valence-corrected chi connectivity index (χ2v) is 4.59. The Morgan fingerprint density at radius 3 is 2.74 bits per heavy atom. The number of ether oxygens (including phenoxy) is 1. The van der Waals surface area contributed by atoms with Crippen molar-refractivity contribution < 1.29 is 19.7 Å². The average Bonchev–Trinajstić information content (AvgIpc) is 2.37. The first-order chi connectivity index (χ1) is 9.02. The molecule has 1 aromatic rings. The van der Waals surface area contributed by atoms with Gasteiger partial charge < -0.3 is 14.9 Å². The Balaban J connectivity index is 2.46. The summed E-state index contributed by atoms with van der Waals surface area (Å²) in [6.07, 6.45) is -0.370. The zero-order valence-electron chi connectivity index (χ0n) is 11.4. The highest BCUT2D eigenvalue weighted by Crippen LogP contribution is 2.18. The van der Waals surface area contributed by atoms with E-state index < -0.39 is 12.1 Å². The highest BCUT2D eigenvalue weighted by atomic mass is 16.5. The molecule has 0 bridgehead atoms. The van der Waals surface area contributed by atoms with E-state index in [9.17, 15) is 9.90 Å². The number of methoxy groups -OCH3 is 1. The van der Waals surface area contributed by atoms with Gasteiger partial charge in [-0.3, -0.25) is 9.69 Å². The third-order valence-electron chi connectivity index (χ3n) is 2.85. The number of rotatable bonds is 8. The Morgan fingerprint density at radius 2 is 2.11 bits per heavy atom. The Morgan fingerprint density at radius 1 is 1.42 bits per heavy atom. The summed E-state index contributed by atoms with van der Waals surface area (Å²) in [6, 6.07) is 7.71. The lowest BCUT2D eigenvalue weighted by Crippen LogP contribution is -2.29. The molecule has 0 fully saturated rings. The zero-order valence-corrected chi connectivity index (χ0v) is 11.4. The van der Waals surface area contributed by atoms with Crippen molar-refractivity contribution in [2.75, 3.05) is 20.7 Å². The number of aliphatic hydroxyl groups is 1. The van der Waals surface area contributed by atoms with E-state index in [0.29, 0.717) is 13.1 Å². The van der Waals surface area contributed by atoms with Crippen LogP contribution in [0.3, 0.4) is 0 Å². The minimum atomic E-state index is -0.883. The van der Waals surface area contributed by atoms with E-state index in [0.717, 1.165) is 11.3 Å². The molecule has 106 valence electrons. The minimum absolute atomic E-state index is 0.0103. The van der Waals surface area contributed by atoms with Gasteiger partial charge in [0.05, 0.1) is 13.2 Å². The predicted octanol–water partition coefficient (Wildman–Crippen LogP) is 1.35. The lowest BCUT2D eigenvalue weighted by Gasteiger charge is -2.21. The van der Waals surface area contributed by atoms with Gasteiger partial charge in [0.15, 0.2) is 0 Å². The van der Waals surface area contributed by atoms with Gasteiger partial charge in [-0.1, -0.05) is 18.2 Å². The summed E-state index contributed by atoms with van der Waals surface area (Å²) in [5, 5.41) is 18.3. The standard InChI is InChI=1S/C14H21NO4/c1-15(10-12(16)7-8-14(17)18)9-11-5-3-4-6-13(11)19-2/h3-6,12,16H,7-10H2,1-2H3,(H,17,18). The molecular formula is C14H21NO4. The van der Waals surface area contributed by atoms with Crippen molar-refractivity contribution in [3.8, 4) is 5.75 Å². The van der Waals surface area contributed by atoms with Crippen LogP contribution in [0.15, 0.2) is 24.3 Å². The molecule has 1 unspecified atom stereocenters. The van der Waals surface area contributed by atoms with Crippen LogP contribution in [0.4, 0.5) is 0 Å². The monoisotopic (exact) mass is 267 g/mol. The zero-order chi connectivity index (χ0) is 14.3. The molecule has 0 aromatic heterocycles. The van der Waals surface area contributed by atoms with Crippen molar-refractivity contribution in [3.05, 3.63) is 29.8 Å². The number of likely N-dealkylation sites (N-methyl/N-ethyl adjacent to an activating group) is 1. The number of benzene rings is 1. The molecule has 1 aromatic carbocycles. The van der Waals surface area contributed by atoms with Crippen molar-refractivity contribution in [2.45, 2.75) is 25.5 Å². The minimum Gasteiger partial charge on any atom is -0.496 e. The molecule has 0 heterocycles. The van der Waals surface area contributed by atoms with Crippen molar-refractivity contribution >= 4 is 5.97 Å². The maximum atomic E-state index is 10.4. The average molecular weight is 267 g/mol. The van der Waals surface area contributed by atoms with Gasteiger partial charge in [0.2, 0.25) is 0 Å². The molecular weight excluding hydrogens is 246 g/mol. The number of carboxylic acids is 1. The Kier molecular flexibility index (Phi) is 6.32. The molecule has 0 amide bonds. The van der Waals surface area contributed by atoms with E-state index in [-0.39, 0.29) is 12.8 Å². The molecule has 0 aliphatic carbocycles. The van der Waals surface area contributed by atoms with Crippen LogP contribution in [0.25, 0.3) is 0 Å². The fourth-order valence-electron chi connectivity index (χ4n) is 1.93.